The Kier molecular flexibility index (Phi) is 6.79. The molecule has 2 aromatic carbocycles. The van der Waals surface area contributed by atoms with Crippen LogP contribution in [0.5, 0.6) is 17.2 Å². The molecule has 0 fully saturated rings. The number of carbonyl (C=O) groups is 1. The zero-order chi connectivity index (χ0) is 23.5. The largest absolute Gasteiger partial charge is 0.493 e. The van der Waals surface area contributed by atoms with Crippen LogP contribution in [-0.4, -0.2) is 63.5 Å². The predicted octanol–water partition coefficient (Wildman–Crippen LogP) is 3.94. The van der Waals surface area contributed by atoms with Gasteiger partial charge in [-0.2, -0.15) is 0 Å². The Morgan fingerprint density at radius 1 is 1.06 bits per heavy atom. The molecular weight excluding hydrogens is 420 g/mol. The van der Waals surface area contributed by atoms with Gasteiger partial charge in [0.2, 0.25) is 5.75 Å². The van der Waals surface area contributed by atoms with Crippen molar-refractivity contribution >= 4 is 16.9 Å². The molecular formula is C26H32N2O5. The average molecular weight is 453 g/mol. The second-order valence-electron chi connectivity index (χ2n) is 8.50. The van der Waals surface area contributed by atoms with E-state index in [-0.39, 0.29) is 6.61 Å². The molecule has 33 heavy (non-hydrogen) atoms. The lowest BCUT2D eigenvalue weighted by atomic mass is 9.91. The lowest BCUT2D eigenvalue weighted by molar-refractivity contribution is 0.0490. The molecule has 0 N–H and O–H groups in total. The van der Waals surface area contributed by atoms with E-state index in [9.17, 15) is 4.79 Å². The van der Waals surface area contributed by atoms with E-state index in [1.807, 2.05) is 0 Å². The molecule has 0 aliphatic heterocycles. The van der Waals surface area contributed by atoms with Crippen LogP contribution in [0, 0.1) is 0 Å². The molecule has 7 nitrogen and oxygen atoms in total. The maximum absolute atomic E-state index is 12.8. The van der Waals surface area contributed by atoms with Gasteiger partial charge in [0.25, 0.3) is 0 Å². The zero-order valence-electron chi connectivity index (χ0n) is 20.0. The third-order valence-electron chi connectivity index (χ3n) is 6.53. The van der Waals surface area contributed by atoms with Crippen molar-refractivity contribution in [2.45, 2.75) is 31.8 Å². The lowest BCUT2D eigenvalue weighted by Gasteiger charge is -2.29. The number of para-hydroxylation sites is 1. The van der Waals surface area contributed by atoms with Crippen molar-refractivity contribution < 1.29 is 23.7 Å². The number of rotatable bonds is 8. The molecule has 1 atom stereocenters. The summed E-state index contributed by atoms with van der Waals surface area (Å²) in [5.41, 5.74) is 4.34. The van der Waals surface area contributed by atoms with Gasteiger partial charge >= 0.3 is 5.97 Å². The summed E-state index contributed by atoms with van der Waals surface area (Å²) in [4.78, 5) is 15.1. The van der Waals surface area contributed by atoms with E-state index in [1.54, 1.807) is 12.1 Å². The number of nitrogens with zero attached hydrogens (tertiary/aromatic N) is 2. The number of ether oxygens (including phenoxy) is 4. The lowest BCUT2D eigenvalue weighted by Crippen LogP contribution is -2.33. The first-order chi connectivity index (χ1) is 16.0. The summed E-state index contributed by atoms with van der Waals surface area (Å²) in [5.74, 6) is 0.861. The van der Waals surface area contributed by atoms with E-state index < -0.39 is 5.97 Å². The quantitative estimate of drug-likeness (QED) is 0.483. The van der Waals surface area contributed by atoms with E-state index in [4.69, 9.17) is 18.9 Å². The van der Waals surface area contributed by atoms with Gasteiger partial charge in [-0.1, -0.05) is 18.2 Å². The van der Waals surface area contributed by atoms with Crippen LogP contribution in [-0.2, 0) is 24.1 Å². The summed E-state index contributed by atoms with van der Waals surface area (Å²) in [6, 6.07) is 12.3. The first-order valence-electron chi connectivity index (χ1n) is 11.2. The minimum atomic E-state index is -0.424. The number of hydrogen-bond acceptors (Lipinski definition) is 6. The van der Waals surface area contributed by atoms with Gasteiger partial charge in [0.15, 0.2) is 11.5 Å². The van der Waals surface area contributed by atoms with Gasteiger partial charge < -0.3 is 28.4 Å². The fraction of sp³-hybridized carbons (Fsp3) is 0.423. The van der Waals surface area contributed by atoms with Crippen LogP contribution in [0.4, 0.5) is 0 Å². The van der Waals surface area contributed by atoms with Crippen molar-refractivity contribution in [3.05, 3.63) is 53.2 Å². The SMILES string of the molecule is COc1cc(C(=O)OCCn2c3c(c4ccccc42)CC(N(C)C)CC3)cc(OC)c1OC. The summed E-state index contributed by atoms with van der Waals surface area (Å²) < 4.78 is 24.0. The first kappa shape index (κ1) is 23.0. The van der Waals surface area contributed by atoms with Crippen molar-refractivity contribution in [3.63, 3.8) is 0 Å². The van der Waals surface area contributed by atoms with Crippen molar-refractivity contribution in [3.8, 4) is 17.2 Å². The standard InChI is InChI=1S/C26H32N2O5/c1-27(2)18-10-11-22-20(16-18)19-8-6-7-9-21(19)28(22)12-13-33-26(29)17-14-23(30-3)25(32-5)24(15-17)31-4/h6-9,14-15,18H,10-13,16H2,1-5H3. The van der Waals surface area contributed by atoms with Gasteiger partial charge in [-0.25, -0.2) is 4.79 Å². The van der Waals surface area contributed by atoms with E-state index in [0.717, 1.165) is 19.3 Å². The Bertz CT molecular complexity index is 1130. The number of carbonyl (C=O) groups excluding carboxylic acids is 1. The van der Waals surface area contributed by atoms with Gasteiger partial charge in [0, 0.05) is 22.6 Å². The van der Waals surface area contributed by atoms with Gasteiger partial charge in [0.05, 0.1) is 33.4 Å². The predicted molar refractivity (Wildman–Crippen MR) is 128 cm³/mol. The zero-order valence-corrected chi connectivity index (χ0v) is 20.0. The highest BCUT2D eigenvalue weighted by Crippen LogP contribution is 2.38. The molecule has 1 unspecified atom stereocenters. The van der Waals surface area contributed by atoms with Crippen LogP contribution in [0.15, 0.2) is 36.4 Å². The minimum absolute atomic E-state index is 0.276. The highest BCUT2D eigenvalue weighted by atomic mass is 16.5. The van der Waals surface area contributed by atoms with Crippen molar-refractivity contribution in [1.82, 2.24) is 9.47 Å². The number of benzene rings is 2. The number of aromatic nitrogens is 1. The smallest absolute Gasteiger partial charge is 0.338 e. The van der Waals surface area contributed by atoms with Crippen LogP contribution < -0.4 is 14.2 Å². The summed E-state index contributed by atoms with van der Waals surface area (Å²) >= 11 is 0. The Morgan fingerprint density at radius 2 is 1.76 bits per heavy atom. The normalized spacial score (nSPS) is 15.4. The molecule has 0 saturated heterocycles. The number of hydrogen-bond donors (Lipinski definition) is 0. The van der Waals surface area contributed by atoms with E-state index >= 15 is 0 Å². The summed E-state index contributed by atoms with van der Waals surface area (Å²) in [7, 11) is 8.87. The highest BCUT2D eigenvalue weighted by Gasteiger charge is 2.26. The van der Waals surface area contributed by atoms with E-state index in [0.29, 0.717) is 35.4 Å². The number of methoxy groups -OCH3 is 3. The third-order valence-corrected chi connectivity index (χ3v) is 6.53. The maximum atomic E-state index is 12.8. The number of esters is 1. The highest BCUT2D eigenvalue weighted by molar-refractivity contribution is 5.91. The molecule has 3 aromatic rings. The molecule has 4 rings (SSSR count). The van der Waals surface area contributed by atoms with Crippen molar-refractivity contribution in [2.24, 2.45) is 0 Å². The Hall–Kier alpha value is -3.19. The topological polar surface area (TPSA) is 62.2 Å². The van der Waals surface area contributed by atoms with Gasteiger partial charge in [-0.3, -0.25) is 0 Å². The molecule has 0 bridgehead atoms. The Labute approximate surface area is 194 Å². The van der Waals surface area contributed by atoms with Gasteiger partial charge in [0.1, 0.15) is 6.61 Å². The van der Waals surface area contributed by atoms with E-state index in [1.165, 1.54) is 43.5 Å². The van der Waals surface area contributed by atoms with E-state index in [2.05, 4.69) is 47.8 Å². The Balaban J connectivity index is 1.53. The Morgan fingerprint density at radius 3 is 2.39 bits per heavy atom. The molecule has 176 valence electrons. The number of fused-ring (bicyclic) bond motifs is 3. The van der Waals surface area contributed by atoms with Crippen molar-refractivity contribution in [2.75, 3.05) is 42.0 Å². The second kappa shape index (κ2) is 9.75. The van der Waals surface area contributed by atoms with Crippen LogP contribution >= 0.6 is 0 Å². The fourth-order valence-corrected chi connectivity index (χ4v) is 4.79. The molecule has 0 radical (unpaired) electrons. The molecule has 7 heteroatoms. The first-order valence-corrected chi connectivity index (χ1v) is 11.2. The molecule has 1 heterocycles. The molecule has 0 spiro atoms. The molecule has 0 amide bonds. The van der Waals surface area contributed by atoms with Crippen LogP contribution in [0.3, 0.4) is 0 Å². The third kappa shape index (κ3) is 4.37. The minimum Gasteiger partial charge on any atom is -0.493 e. The number of likely N-dealkylation sites (N-methyl/N-ethyl adjacent to an activating group) is 1. The van der Waals surface area contributed by atoms with Crippen LogP contribution in [0.1, 0.15) is 28.0 Å². The van der Waals surface area contributed by atoms with Crippen LogP contribution in [0.25, 0.3) is 10.9 Å². The van der Waals surface area contributed by atoms with Gasteiger partial charge in [-0.05, 0) is 57.1 Å². The fourth-order valence-electron chi connectivity index (χ4n) is 4.79. The summed E-state index contributed by atoms with van der Waals surface area (Å²) in [5, 5.41) is 1.30. The summed E-state index contributed by atoms with van der Waals surface area (Å²) in [6.45, 7) is 0.885. The molecule has 1 aromatic heterocycles. The monoisotopic (exact) mass is 452 g/mol. The van der Waals surface area contributed by atoms with Crippen LogP contribution in [0.2, 0.25) is 0 Å². The summed E-state index contributed by atoms with van der Waals surface area (Å²) in [6.07, 6.45) is 3.19. The van der Waals surface area contributed by atoms with Gasteiger partial charge in [-0.15, -0.1) is 0 Å². The van der Waals surface area contributed by atoms with Crippen molar-refractivity contribution in [1.29, 1.82) is 0 Å². The second-order valence-corrected chi connectivity index (χ2v) is 8.50. The maximum Gasteiger partial charge on any atom is 0.338 e. The molecule has 0 saturated carbocycles. The molecule has 1 aliphatic rings. The average Bonchev–Trinajstić information content (AvgIpc) is 3.16. The molecule has 1 aliphatic carbocycles.